The Kier molecular flexibility index (Phi) is 7.62. The Morgan fingerprint density at radius 2 is 1.84 bits per heavy atom. The quantitative estimate of drug-likeness (QED) is 0.506. The molecule has 7 heteroatoms. The van der Waals surface area contributed by atoms with Gasteiger partial charge in [-0.05, 0) is 55.0 Å². The zero-order valence-electron chi connectivity index (χ0n) is 17.0. The van der Waals surface area contributed by atoms with Crippen molar-refractivity contribution < 1.29 is 18.4 Å². The van der Waals surface area contributed by atoms with Crippen molar-refractivity contribution in [2.24, 2.45) is 0 Å². The van der Waals surface area contributed by atoms with Gasteiger partial charge in [0.05, 0.1) is 12.1 Å². The largest absolute Gasteiger partial charge is 0.457 e. The van der Waals surface area contributed by atoms with Crippen molar-refractivity contribution in [1.82, 2.24) is 10.2 Å². The van der Waals surface area contributed by atoms with Crippen LogP contribution >= 0.6 is 11.6 Å². The highest BCUT2D eigenvalue weighted by molar-refractivity contribution is 6.30. The summed E-state index contributed by atoms with van der Waals surface area (Å²) in [6.07, 6.45) is 2.83. The number of benzene rings is 2. The Bertz CT molecular complexity index is 1080. The highest BCUT2D eigenvalue weighted by atomic mass is 35.5. The van der Waals surface area contributed by atoms with Crippen LogP contribution in [0.2, 0.25) is 5.02 Å². The van der Waals surface area contributed by atoms with Gasteiger partial charge in [0.15, 0.2) is 0 Å². The molecule has 0 saturated heterocycles. The molecule has 0 spiro atoms. The van der Waals surface area contributed by atoms with Gasteiger partial charge < -0.3 is 14.6 Å². The van der Waals surface area contributed by atoms with Crippen LogP contribution in [-0.4, -0.2) is 29.8 Å². The molecule has 0 atom stereocenters. The van der Waals surface area contributed by atoms with Crippen molar-refractivity contribution >= 4 is 29.5 Å². The molecule has 3 rings (SSSR count). The molecule has 1 aromatic heterocycles. The van der Waals surface area contributed by atoms with E-state index in [4.69, 9.17) is 16.0 Å². The molecule has 1 N–H and O–H groups in total. The zero-order valence-corrected chi connectivity index (χ0v) is 17.7. The summed E-state index contributed by atoms with van der Waals surface area (Å²) in [5, 5.41) is 3.41. The van der Waals surface area contributed by atoms with Gasteiger partial charge >= 0.3 is 0 Å². The smallest absolute Gasteiger partial charge is 0.247 e. The molecule has 0 aliphatic heterocycles. The maximum absolute atomic E-state index is 13.9. The minimum atomic E-state index is -0.384. The Morgan fingerprint density at radius 1 is 1.10 bits per heavy atom. The standard InChI is InChI=1S/C24H22ClFN2O3/c1-2-28(16-23(29)27-15-17-7-9-18(25)10-8-17)24(30)14-12-19-11-13-22(31-19)20-5-3-4-6-21(20)26/h3-14H,2,15-16H2,1H3,(H,27,29)/b14-12+. The fourth-order valence-electron chi connectivity index (χ4n) is 2.88. The number of hydrogen-bond acceptors (Lipinski definition) is 3. The predicted octanol–water partition coefficient (Wildman–Crippen LogP) is 4.92. The van der Waals surface area contributed by atoms with Crippen LogP contribution in [0.15, 0.2) is 71.2 Å². The molecular formula is C24H22ClFN2O3. The number of carbonyl (C=O) groups is 2. The first kappa shape index (κ1) is 22.3. The summed E-state index contributed by atoms with van der Waals surface area (Å²) in [6.45, 7) is 2.45. The van der Waals surface area contributed by atoms with Crippen molar-refractivity contribution in [2.45, 2.75) is 13.5 Å². The van der Waals surface area contributed by atoms with Crippen LogP contribution < -0.4 is 5.32 Å². The number of halogens is 2. The molecule has 2 amide bonds. The van der Waals surface area contributed by atoms with Crippen molar-refractivity contribution in [3.63, 3.8) is 0 Å². The Hall–Kier alpha value is -3.38. The van der Waals surface area contributed by atoms with Crippen molar-refractivity contribution in [1.29, 1.82) is 0 Å². The fourth-order valence-corrected chi connectivity index (χ4v) is 3.01. The third-order valence-corrected chi connectivity index (χ3v) is 4.84. The lowest BCUT2D eigenvalue weighted by molar-refractivity contribution is -0.132. The monoisotopic (exact) mass is 440 g/mol. The van der Waals surface area contributed by atoms with Gasteiger partial charge in [-0.1, -0.05) is 35.9 Å². The predicted molar refractivity (Wildman–Crippen MR) is 119 cm³/mol. The lowest BCUT2D eigenvalue weighted by atomic mass is 10.1. The second kappa shape index (κ2) is 10.6. The Labute approximate surface area is 185 Å². The molecule has 0 unspecified atom stereocenters. The van der Waals surface area contributed by atoms with Gasteiger partial charge in [0.1, 0.15) is 17.3 Å². The van der Waals surface area contributed by atoms with E-state index in [9.17, 15) is 14.0 Å². The second-order valence-electron chi connectivity index (χ2n) is 6.77. The van der Waals surface area contributed by atoms with Gasteiger partial charge in [-0.25, -0.2) is 4.39 Å². The topological polar surface area (TPSA) is 62.6 Å². The Balaban J connectivity index is 1.55. The summed E-state index contributed by atoms with van der Waals surface area (Å²) in [7, 11) is 0. The highest BCUT2D eigenvalue weighted by Crippen LogP contribution is 2.25. The third kappa shape index (κ3) is 6.30. The fraction of sp³-hybridized carbons (Fsp3) is 0.167. The molecule has 5 nitrogen and oxygen atoms in total. The number of amides is 2. The first-order chi connectivity index (χ1) is 15.0. The van der Waals surface area contributed by atoms with E-state index in [-0.39, 0.29) is 24.2 Å². The van der Waals surface area contributed by atoms with Gasteiger partial charge in [0.2, 0.25) is 11.8 Å². The number of nitrogens with zero attached hydrogens (tertiary/aromatic N) is 1. The van der Waals surface area contributed by atoms with Crippen LogP contribution in [0, 0.1) is 5.82 Å². The zero-order chi connectivity index (χ0) is 22.2. The summed E-state index contributed by atoms with van der Waals surface area (Å²) >= 11 is 5.85. The van der Waals surface area contributed by atoms with Crippen molar-refractivity contribution in [2.75, 3.05) is 13.1 Å². The summed E-state index contributed by atoms with van der Waals surface area (Å²) in [4.78, 5) is 26.1. The first-order valence-electron chi connectivity index (χ1n) is 9.79. The molecule has 1 heterocycles. The van der Waals surface area contributed by atoms with Crippen LogP contribution in [0.5, 0.6) is 0 Å². The molecule has 2 aromatic carbocycles. The van der Waals surface area contributed by atoms with Crippen LogP contribution in [0.25, 0.3) is 17.4 Å². The SMILES string of the molecule is CCN(CC(=O)NCc1ccc(Cl)cc1)C(=O)/C=C/c1ccc(-c2ccccc2F)o1. The van der Waals surface area contributed by atoms with E-state index in [2.05, 4.69) is 5.32 Å². The molecule has 31 heavy (non-hydrogen) atoms. The van der Waals surface area contributed by atoms with Crippen LogP contribution in [0.1, 0.15) is 18.2 Å². The van der Waals surface area contributed by atoms with Crippen LogP contribution in [0.3, 0.4) is 0 Å². The van der Waals surface area contributed by atoms with Gasteiger partial charge in [0.25, 0.3) is 0 Å². The van der Waals surface area contributed by atoms with Gasteiger partial charge in [0, 0.05) is 24.2 Å². The maximum atomic E-state index is 13.9. The van der Waals surface area contributed by atoms with E-state index in [1.807, 2.05) is 12.1 Å². The van der Waals surface area contributed by atoms with Crippen LogP contribution in [0.4, 0.5) is 4.39 Å². The number of carbonyl (C=O) groups excluding carboxylic acids is 2. The van der Waals surface area contributed by atoms with Crippen molar-refractivity contribution in [3.05, 3.63) is 88.9 Å². The number of likely N-dealkylation sites (N-methyl/N-ethyl adjacent to an activating group) is 1. The van der Waals surface area contributed by atoms with Gasteiger partial charge in [-0.2, -0.15) is 0 Å². The number of rotatable bonds is 8. The lowest BCUT2D eigenvalue weighted by Gasteiger charge is -2.18. The van der Waals surface area contributed by atoms with Gasteiger partial charge in [-0.3, -0.25) is 9.59 Å². The van der Waals surface area contributed by atoms with Crippen LogP contribution in [-0.2, 0) is 16.1 Å². The molecule has 0 aliphatic rings. The van der Waals surface area contributed by atoms with E-state index < -0.39 is 0 Å². The van der Waals surface area contributed by atoms with Gasteiger partial charge in [-0.15, -0.1) is 0 Å². The molecule has 0 saturated carbocycles. The normalized spacial score (nSPS) is 10.9. The van der Waals surface area contributed by atoms with Crippen molar-refractivity contribution in [3.8, 4) is 11.3 Å². The molecule has 0 aliphatic carbocycles. The second-order valence-corrected chi connectivity index (χ2v) is 7.21. The minimum Gasteiger partial charge on any atom is -0.457 e. The van der Waals surface area contributed by atoms with E-state index in [1.165, 1.54) is 23.1 Å². The summed E-state index contributed by atoms with van der Waals surface area (Å²) in [5.74, 6) is -0.189. The third-order valence-electron chi connectivity index (χ3n) is 4.59. The maximum Gasteiger partial charge on any atom is 0.247 e. The molecule has 0 radical (unpaired) electrons. The summed E-state index contributed by atoms with van der Waals surface area (Å²) in [5.41, 5.74) is 1.26. The number of hydrogen-bond donors (Lipinski definition) is 1. The van der Waals surface area contributed by atoms with E-state index >= 15 is 0 Å². The summed E-state index contributed by atoms with van der Waals surface area (Å²) in [6, 6.07) is 16.8. The van der Waals surface area contributed by atoms with E-state index in [0.717, 1.165) is 5.56 Å². The molecular weight excluding hydrogens is 419 g/mol. The number of nitrogens with one attached hydrogen (secondary N) is 1. The first-order valence-corrected chi connectivity index (χ1v) is 10.2. The summed E-state index contributed by atoms with van der Waals surface area (Å²) < 4.78 is 19.5. The molecule has 3 aromatic rings. The average Bonchev–Trinajstić information content (AvgIpc) is 3.24. The molecule has 160 valence electrons. The van der Waals surface area contributed by atoms with E-state index in [0.29, 0.717) is 35.2 Å². The Morgan fingerprint density at radius 3 is 2.55 bits per heavy atom. The molecule has 0 bridgehead atoms. The molecule has 0 fully saturated rings. The number of furan rings is 1. The minimum absolute atomic E-state index is 0.0636. The van der Waals surface area contributed by atoms with E-state index in [1.54, 1.807) is 49.4 Å². The lowest BCUT2D eigenvalue weighted by Crippen LogP contribution is -2.39. The highest BCUT2D eigenvalue weighted by Gasteiger charge is 2.14. The average molecular weight is 441 g/mol.